The van der Waals surface area contributed by atoms with E-state index in [1.807, 2.05) is 36.4 Å². The maximum absolute atomic E-state index is 13.5. The van der Waals surface area contributed by atoms with Gasteiger partial charge < -0.3 is 19.9 Å². The third-order valence-corrected chi connectivity index (χ3v) is 8.15. The SMILES string of the molecule is O=C(O[C@@H]1CCN(C(=O)Nc2ccc(F)cc2)C[C@H]1N1CCN(c2ccc(F)cc2)CC1)c1cccc2ccccc12. The van der Waals surface area contributed by atoms with Gasteiger partial charge in [0.2, 0.25) is 0 Å². The Hall–Kier alpha value is -4.50. The van der Waals surface area contributed by atoms with Crippen LogP contribution in [0, 0.1) is 11.6 Å². The summed E-state index contributed by atoms with van der Waals surface area (Å²) in [7, 11) is 0. The number of nitrogens with one attached hydrogen (secondary N) is 1. The Balaban J connectivity index is 1.19. The number of ether oxygens (including phenoxy) is 1. The van der Waals surface area contributed by atoms with Crippen LogP contribution < -0.4 is 10.2 Å². The number of piperazine rings is 1. The number of piperidine rings is 1. The number of benzene rings is 4. The summed E-state index contributed by atoms with van der Waals surface area (Å²) in [5.74, 6) is -1.02. The fourth-order valence-corrected chi connectivity index (χ4v) is 5.89. The number of carbonyl (C=O) groups is 2. The Labute approximate surface area is 243 Å². The van der Waals surface area contributed by atoms with Gasteiger partial charge in [-0.15, -0.1) is 0 Å². The normalized spacial score (nSPS) is 19.5. The molecule has 216 valence electrons. The van der Waals surface area contributed by atoms with E-state index in [1.54, 1.807) is 23.1 Å². The summed E-state index contributed by atoms with van der Waals surface area (Å²) in [5.41, 5.74) is 1.98. The van der Waals surface area contributed by atoms with Crippen LogP contribution in [0.2, 0.25) is 0 Å². The number of hydrogen-bond donors (Lipinski definition) is 1. The molecule has 2 atom stereocenters. The fourth-order valence-electron chi connectivity index (χ4n) is 5.89. The number of nitrogens with zero attached hydrogens (tertiary/aromatic N) is 3. The molecule has 0 radical (unpaired) electrons. The van der Waals surface area contributed by atoms with Crippen LogP contribution in [-0.4, -0.2) is 73.2 Å². The highest BCUT2D eigenvalue weighted by Crippen LogP contribution is 2.26. The molecule has 4 aromatic rings. The number of fused-ring (bicyclic) bond motifs is 1. The van der Waals surface area contributed by atoms with Crippen molar-refractivity contribution in [1.82, 2.24) is 9.80 Å². The van der Waals surface area contributed by atoms with Crippen molar-refractivity contribution in [2.75, 3.05) is 49.5 Å². The summed E-state index contributed by atoms with van der Waals surface area (Å²) in [6, 6.07) is 25.0. The highest BCUT2D eigenvalue weighted by atomic mass is 19.1. The number of carbonyl (C=O) groups excluding carboxylic acids is 2. The van der Waals surface area contributed by atoms with Crippen LogP contribution in [-0.2, 0) is 4.74 Å². The molecule has 2 amide bonds. The Kier molecular flexibility index (Phi) is 8.01. The maximum atomic E-state index is 13.5. The summed E-state index contributed by atoms with van der Waals surface area (Å²) in [6.07, 6.45) is 0.0691. The molecule has 2 saturated heterocycles. The maximum Gasteiger partial charge on any atom is 0.339 e. The van der Waals surface area contributed by atoms with Crippen molar-refractivity contribution in [2.24, 2.45) is 0 Å². The van der Waals surface area contributed by atoms with E-state index in [-0.39, 0.29) is 29.7 Å². The second-order valence-electron chi connectivity index (χ2n) is 10.7. The Morgan fingerprint density at radius 3 is 2.17 bits per heavy atom. The Bertz CT molecular complexity index is 1550. The summed E-state index contributed by atoms with van der Waals surface area (Å²) >= 11 is 0. The molecular weight excluding hydrogens is 538 g/mol. The highest BCUT2D eigenvalue weighted by Gasteiger charge is 2.39. The van der Waals surface area contributed by atoms with Crippen LogP contribution in [0.1, 0.15) is 16.8 Å². The third kappa shape index (κ3) is 6.06. The molecule has 0 saturated carbocycles. The monoisotopic (exact) mass is 570 g/mol. The number of hydrogen-bond acceptors (Lipinski definition) is 5. The number of amides is 2. The second kappa shape index (κ2) is 12.2. The average molecular weight is 571 g/mol. The molecule has 0 aromatic heterocycles. The summed E-state index contributed by atoms with van der Waals surface area (Å²) in [6.45, 7) is 3.60. The molecule has 2 aliphatic heterocycles. The van der Waals surface area contributed by atoms with Gasteiger partial charge in [-0.25, -0.2) is 18.4 Å². The van der Waals surface area contributed by atoms with E-state index in [0.29, 0.717) is 56.9 Å². The van der Waals surface area contributed by atoms with E-state index in [1.165, 1.54) is 36.4 Å². The Morgan fingerprint density at radius 2 is 1.43 bits per heavy atom. The van der Waals surface area contributed by atoms with Crippen LogP contribution in [0.4, 0.5) is 25.0 Å². The average Bonchev–Trinajstić information content (AvgIpc) is 3.02. The van der Waals surface area contributed by atoms with Crippen LogP contribution in [0.15, 0.2) is 91.0 Å². The lowest BCUT2D eigenvalue weighted by Gasteiger charge is -2.46. The molecule has 0 unspecified atom stereocenters. The van der Waals surface area contributed by atoms with Gasteiger partial charge in [-0.2, -0.15) is 0 Å². The summed E-state index contributed by atoms with van der Waals surface area (Å²) in [4.78, 5) is 32.9. The molecule has 2 heterocycles. The molecule has 0 bridgehead atoms. The number of rotatable bonds is 5. The van der Waals surface area contributed by atoms with Crippen LogP contribution in [0.5, 0.6) is 0 Å². The van der Waals surface area contributed by atoms with Crippen molar-refractivity contribution < 1.29 is 23.1 Å². The van der Waals surface area contributed by atoms with Gasteiger partial charge in [-0.1, -0.05) is 36.4 Å². The van der Waals surface area contributed by atoms with E-state index in [4.69, 9.17) is 4.74 Å². The minimum Gasteiger partial charge on any atom is -0.457 e. The quantitative estimate of drug-likeness (QED) is 0.309. The summed E-state index contributed by atoms with van der Waals surface area (Å²) in [5, 5.41) is 4.66. The van der Waals surface area contributed by atoms with E-state index in [2.05, 4.69) is 15.1 Å². The molecule has 0 spiro atoms. The van der Waals surface area contributed by atoms with Crippen molar-refractivity contribution in [3.63, 3.8) is 0 Å². The van der Waals surface area contributed by atoms with Crippen molar-refractivity contribution >= 4 is 34.1 Å². The van der Waals surface area contributed by atoms with E-state index >= 15 is 0 Å². The lowest BCUT2D eigenvalue weighted by Crippen LogP contribution is -2.61. The first kappa shape index (κ1) is 27.7. The van der Waals surface area contributed by atoms with Gasteiger partial charge in [0.1, 0.15) is 17.7 Å². The van der Waals surface area contributed by atoms with Gasteiger partial charge in [0.25, 0.3) is 0 Å². The number of esters is 1. The molecule has 9 heteroatoms. The third-order valence-electron chi connectivity index (χ3n) is 8.15. The zero-order chi connectivity index (χ0) is 29.1. The molecule has 6 rings (SSSR count). The van der Waals surface area contributed by atoms with Crippen LogP contribution >= 0.6 is 0 Å². The van der Waals surface area contributed by atoms with Crippen molar-refractivity contribution in [3.8, 4) is 0 Å². The van der Waals surface area contributed by atoms with Gasteiger partial charge in [0.15, 0.2) is 0 Å². The zero-order valence-electron chi connectivity index (χ0n) is 23.1. The molecule has 2 fully saturated rings. The molecule has 2 aliphatic rings. The van der Waals surface area contributed by atoms with Crippen LogP contribution in [0.3, 0.4) is 0 Å². The lowest BCUT2D eigenvalue weighted by molar-refractivity contribution is -0.0289. The van der Waals surface area contributed by atoms with Gasteiger partial charge in [0, 0.05) is 57.1 Å². The number of anilines is 2. The van der Waals surface area contributed by atoms with Crippen molar-refractivity contribution in [3.05, 3.63) is 108 Å². The number of likely N-dealkylation sites (tertiary alicyclic amines) is 1. The first-order chi connectivity index (χ1) is 20.4. The van der Waals surface area contributed by atoms with E-state index in [0.717, 1.165) is 16.5 Å². The number of halogens is 2. The predicted octanol–water partition coefficient (Wildman–Crippen LogP) is 5.77. The zero-order valence-corrected chi connectivity index (χ0v) is 23.1. The summed E-state index contributed by atoms with van der Waals surface area (Å²) < 4.78 is 33.0. The Morgan fingerprint density at radius 1 is 0.762 bits per heavy atom. The molecular formula is C33H32F2N4O3. The van der Waals surface area contributed by atoms with Crippen molar-refractivity contribution in [2.45, 2.75) is 18.6 Å². The van der Waals surface area contributed by atoms with Gasteiger partial charge in [0.05, 0.1) is 11.6 Å². The molecule has 0 aliphatic carbocycles. The number of urea groups is 1. The fraction of sp³-hybridized carbons (Fsp3) is 0.273. The van der Waals surface area contributed by atoms with Crippen molar-refractivity contribution in [1.29, 1.82) is 0 Å². The molecule has 42 heavy (non-hydrogen) atoms. The lowest BCUT2D eigenvalue weighted by atomic mass is 9.99. The van der Waals surface area contributed by atoms with Gasteiger partial charge in [-0.05, 0) is 65.4 Å². The van der Waals surface area contributed by atoms with Crippen LogP contribution in [0.25, 0.3) is 10.8 Å². The van der Waals surface area contributed by atoms with Gasteiger partial charge >= 0.3 is 12.0 Å². The minimum absolute atomic E-state index is 0.216. The highest BCUT2D eigenvalue weighted by molar-refractivity contribution is 6.04. The largest absolute Gasteiger partial charge is 0.457 e. The predicted molar refractivity (Wildman–Crippen MR) is 159 cm³/mol. The first-order valence-electron chi connectivity index (χ1n) is 14.2. The topological polar surface area (TPSA) is 65.1 Å². The molecule has 7 nitrogen and oxygen atoms in total. The molecule has 1 N–H and O–H groups in total. The smallest absolute Gasteiger partial charge is 0.339 e. The standard InChI is InChI=1S/C33H32F2N4O3/c34-24-8-12-26(13-9-24)36-33(41)39-17-16-31(42-32(40)29-7-3-5-23-4-1-2-6-28(23)29)30(22-39)38-20-18-37(19-21-38)27-14-10-25(35)11-15-27/h1-15,30-31H,16-22H2,(H,36,41)/t30-,31-/m1/s1. The van der Waals surface area contributed by atoms with E-state index in [9.17, 15) is 18.4 Å². The van der Waals surface area contributed by atoms with Gasteiger partial charge in [-0.3, -0.25) is 4.90 Å². The minimum atomic E-state index is -0.413. The molecule has 4 aromatic carbocycles. The van der Waals surface area contributed by atoms with E-state index < -0.39 is 6.10 Å². The second-order valence-corrected chi connectivity index (χ2v) is 10.7. The first-order valence-corrected chi connectivity index (χ1v) is 14.2.